The Hall–Kier alpha value is -0.806. The van der Waals surface area contributed by atoms with Crippen molar-refractivity contribution in [3.8, 4) is 0 Å². The lowest BCUT2D eigenvalue weighted by molar-refractivity contribution is -0.140. The second-order valence-corrected chi connectivity index (χ2v) is 23.5. The summed E-state index contributed by atoms with van der Waals surface area (Å²) < 4.78 is 18.2. The van der Waals surface area contributed by atoms with E-state index in [-0.39, 0.29) is 34.4 Å². The molecule has 1 N–H and O–H groups in total. The van der Waals surface area contributed by atoms with Crippen LogP contribution >= 0.6 is 0 Å². The van der Waals surface area contributed by atoms with Crippen molar-refractivity contribution in [3.05, 3.63) is 12.2 Å². The fourth-order valence-electron chi connectivity index (χ4n) is 5.35. The molecule has 0 heterocycles. The lowest BCUT2D eigenvalue weighted by atomic mass is 9.85. The molecule has 1 aliphatic carbocycles. The summed E-state index contributed by atoms with van der Waals surface area (Å²) in [6.07, 6.45) is 11.0. The van der Waals surface area contributed by atoms with Gasteiger partial charge in [-0.25, -0.2) is 0 Å². The number of aliphatic hydroxyl groups excluding tert-OH is 1. The zero-order chi connectivity index (χ0) is 30.1. The molecule has 0 radical (unpaired) electrons. The van der Waals surface area contributed by atoms with Gasteiger partial charge in [-0.2, -0.15) is 0 Å². The molecular weight excluding hydrogens is 525 g/mol. The van der Waals surface area contributed by atoms with E-state index in [1.807, 2.05) is 0 Å². The van der Waals surface area contributed by atoms with E-state index in [4.69, 9.17) is 13.6 Å². The fraction of sp³-hybridized carbons (Fsp3) is 0.871. The van der Waals surface area contributed by atoms with Gasteiger partial charge in [-0.3, -0.25) is 9.59 Å². The van der Waals surface area contributed by atoms with Crippen LogP contribution in [-0.2, 0) is 23.2 Å². The third kappa shape index (κ3) is 12.3. The summed E-state index contributed by atoms with van der Waals surface area (Å²) in [5, 5.41) is 11.3. The van der Waals surface area contributed by atoms with Gasteiger partial charge in [0.2, 0.25) is 0 Å². The first-order valence-corrected chi connectivity index (χ1v) is 21.5. The Kier molecular flexibility index (Phi) is 14.3. The Morgan fingerprint density at radius 1 is 1.08 bits per heavy atom. The Morgan fingerprint density at radius 3 is 2.26 bits per heavy atom. The highest BCUT2D eigenvalue weighted by molar-refractivity contribution is 6.74. The van der Waals surface area contributed by atoms with Gasteiger partial charge in [0.15, 0.2) is 16.6 Å². The van der Waals surface area contributed by atoms with Crippen molar-refractivity contribution in [1.29, 1.82) is 0 Å². The number of carbonyl (C=O) groups is 2. The molecule has 5 atom stereocenters. The first kappa shape index (κ1) is 36.2. The third-order valence-corrected chi connectivity index (χ3v) is 14.0. The SMILES string of the molecule is CCCCC(C)(C/C=C\C1C(O[Si](C)(C)C(C)(C)C)CC(=O)C1C(O)CCCCCC(=O)OC)O[Si](C)(C)C. The van der Waals surface area contributed by atoms with Gasteiger partial charge in [-0.1, -0.05) is 65.5 Å². The van der Waals surface area contributed by atoms with Crippen LogP contribution in [0.5, 0.6) is 0 Å². The Bertz CT molecular complexity index is 798. The van der Waals surface area contributed by atoms with Crippen molar-refractivity contribution in [2.45, 2.75) is 154 Å². The Morgan fingerprint density at radius 2 is 1.72 bits per heavy atom. The number of methoxy groups -OCH3 is 1. The summed E-state index contributed by atoms with van der Waals surface area (Å²) in [6.45, 7) is 22.2. The summed E-state index contributed by atoms with van der Waals surface area (Å²) in [7, 11) is -2.45. The second-order valence-electron chi connectivity index (χ2n) is 14.3. The van der Waals surface area contributed by atoms with Crippen molar-refractivity contribution in [3.63, 3.8) is 0 Å². The maximum atomic E-state index is 13.3. The molecule has 0 aromatic heterocycles. The molecule has 5 unspecified atom stereocenters. The van der Waals surface area contributed by atoms with Gasteiger partial charge in [0.05, 0.1) is 30.8 Å². The molecule has 0 spiro atoms. The molecule has 0 aromatic carbocycles. The summed E-state index contributed by atoms with van der Waals surface area (Å²) >= 11 is 0. The molecule has 1 rings (SSSR count). The number of ether oxygens (including phenoxy) is 1. The van der Waals surface area contributed by atoms with Crippen molar-refractivity contribution in [2.24, 2.45) is 11.8 Å². The summed E-state index contributed by atoms with van der Waals surface area (Å²) in [5.74, 6) is -0.723. The van der Waals surface area contributed by atoms with Gasteiger partial charge < -0.3 is 18.7 Å². The predicted molar refractivity (Wildman–Crippen MR) is 166 cm³/mol. The van der Waals surface area contributed by atoms with Crippen LogP contribution in [0.15, 0.2) is 12.2 Å². The number of Topliss-reactive ketones (excluding diaryl/α,β-unsaturated/α-hetero) is 1. The van der Waals surface area contributed by atoms with Crippen LogP contribution in [0.25, 0.3) is 0 Å². The zero-order valence-corrected chi connectivity index (χ0v) is 29.0. The number of unbranched alkanes of at least 4 members (excludes halogenated alkanes) is 3. The van der Waals surface area contributed by atoms with Crippen LogP contribution in [0.2, 0.25) is 37.8 Å². The summed E-state index contributed by atoms with van der Waals surface area (Å²) in [6, 6.07) is 0. The topological polar surface area (TPSA) is 82.1 Å². The number of aliphatic hydroxyl groups is 1. The molecular formula is C31H60O6Si2. The summed E-state index contributed by atoms with van der Waals surface area (Å²) in [5.41, 5.74) is -0.233. The molecule has 6 nitrogen and oxygen atoms in total. The third-order valence-electron chi connectivity index (χ3n) is 8.41. The molecule has 1 saturated carbocycles. The van der Waals surface area contributed by atoms with Crippen LogP contribution < -0.4 is 0 Å². The van der Waals surface area contributed by atoms with Crippen molar-refractivity contribution < 1.29 is 28.3 Å². The van der Waals surface area contributed by atoms with Crippen LogP contribution in [-0.4, -0.2) is 58.4 Å². The van der Waals surface area contributed by atoms with E-state index in [2.05, 4.69) is 79.5 Å². The van der Waals surface area contributed by atoms with Crippen molar-refractivity contribution >= 4 is 28.4 Å². The average molecular weight is 585 g/mol. The van der Waals surface area contributed by atoms with Gasteiger partial charge in [0.25, 0.3) is 0 Å². The number of esters is 1. The number of hydrogen-bond donors (Lipinski definition) is 1. The molecule has 0 aromatic rings. The van der Waals surface area contributed by atoms with Gasteiger partial charge in [-0.05, 0) is 70.4 Å². The maximum Gasteiger partial charge on any atom is 0.305 e. The maximum absolute atomic E-state index is 13.3. The Labute approximate surface area is 241 Å². The lowest BCUT2D eigenvalue weighted by Gasteiger charge is -2.40. The van der Waals surface area contributed by atoms with Gasteiger partial charge in [0.1, 0.15) is 5.78 Å². The zero-order valence-electron chi connectivity index (χ0n) is 27.0. The smallest absolute Gasteiger partial charge is 0.305 e. The largest absolute Gasteiger partial charge is 0.469 e. The fourth-order valence-corrected chi connectivity index (χ4v) is 8.36. The van der Waals surface area contributed by atoms with E-state index in [0.29, 0.717) is 19.3 Å². The number of rotatable bonds is 17. The first-order chi connectivity index (χ1) is 17.9. The highest BCUT2D eigenvalue weighted by Gasteiger charge is 2.49. The molecule has 1 aliphatic rings. The molecule has 8 heteroatoms. The monoisotopic (exact) mass is 584 g/mol. The lowest BCUT2D eigenvalue weighted by Crippen LogP contribution is -2.45. The highest BCUT2D eigenvalue weighted by Crippen LogP contribution is 2.43. The molecule has 0 saturated heterocycles. The second kappa shape index (κ2) is 15.4. The number of carbonyl (C=O) groups excluding carboxylic acids is 2. The van der Waals surface area contributed by atoms with Crippen molar-refractivity contribution in [1.82, 2.24) is 0 Å². The van der Waals surface area contributed by atoms with Crippen molar-refractivity contribution in [2.75, 3.05) is 7.11 Å². The van der Waals surface area contributed by atoms with Crippen LogP contribution in [0.1, 0.15) is 98.8 Å². The van der Waals surface area contributed by atoms with Gasteiger partial charge >= 0.3 is 5.97 Å². The van der Waals surface area contributed by atoms with Gasteiger partial charge in [-0.15, -0.1) is 0 Å². The normalized spacial score (nSPS) is 23.3. The first-order valence-electron chi connectivity index (χ1n) is 15.2. The van der Waals surface area contributed by atoms with E-state index in [1.165, 1.54) is 7.11 Å². The predicted octanol–water partition coefficient (Wildman–Crippen LogP) is 7.81. The van der Waals surface area contributed by atoms with Crippen LogP contribution in [0.4, 0.5) is 0 Å². The molecule has 228 valence electrons. The number of ketones is 1. The Balaban J connectivity index is 3.12. The average Bonchev–Trinajstić information content (AvgIpc) is 3.09. The molecule has 39 heavy (non-hydrogen) atoms. The standard InChI is InChI=1S/C31H60O6Si2/c1-12-13-21-31(5,37-38(7,8)9)22-17-18-24-27(36-39(10,11)30(2,3)4)23-26(33)29(24)25(32)19-15-14-16-20-28(34)35-6/h17-18,24-25,27,29,32H,12-16,19-23H2,1-11H3/b18-17-. The quantitative estimate of drug-likeness (QED) is 0.0812. The van der Waals surface area contributed by atoms with E-state index < -0.39 is 28.7 Å². The van der Waals surface area contributed by atoms with E-state index in [9.17, 15) is 14.7 Å². The minimum atomic E-state index is -2.11. The molecule has 0 aliphatic heterocycles. The highest BCUT2D eigenvalue weighted by atomic mass is 28.4. The summed E-state index contributed by atoms with van der Waals surface area (Å²) in [4.78, 5) is 24.7. The minimum Gasteiger partial charge on any atom is -0.469 e. The molecule has 0 amide bonds. The van der Waals surface area contributed by atoms with E-state index >= 15 is 0 Å². The molecule has 0 bridgehead atoms. The number of hydrogen-bond acceptors (Lipinski definition) is 6. The van der Waals surface area contributed by atoms with Crippen LogP contribution in [0.3, 0.4) is 0 Å². The van der Waals surface area contributed by atoms with Crippen LogP contribution in [0, 0.1) is 11.8 Å². The van der Waals surface area contributed by atoms with E-state index in [1.54, 1.807) is 0 Å². The van der Waals surface area contributed by atoms with E-state index in [0.717, 1.165) is 44.9 Å². The molecule has 1 fully saturated rings. The van der Waals surface area contributed by atoms with Gasteiger partial charge in [0, 0.05) is 18.8 Å². The minimum absolute atomic E-state index is 0.0323.